The molecule has 2 nitrogen and oxygen atoms in total. The van der Waals surface area contributed by atoms with Gasteiger partial charge in [0.2, 0.25) is 0 Å². The lowest BCUT2D eigenvalue weighted by Gasteiger charge is -2.26. The first kappa shape index (κ1) is 12.8. The highest BCUT2D eigenvalue weighted by atomic mass is 35.5. The summed E-state index contributed by atoms with van der Waals surface area (Å²) in [5.74, 6) is -0.201. The molecule has 1 unspecified atom stereocenters. The van der Waals surface area contributed by atoms with Crippen LogP contribution in [0.25, 0.3) is 0 Å². The Labute approximate surface area is 106 Å². The quantitative estimate of drug-likeness (QED) is 0.898. The van der Waals surface area contributed by atoms with E-state index in [0.717, 1.165) is 19.4 Å². The lowest BCUT2D eigenvalue weighted by Crippen LogP contribution is -2.34. The Hall–Kier alpha value is -0.640. The van der Waals surface area contributed by atoms with Crippen molar-refractivity contribution in [3.63, 3.8) is 0 Å². The molecule has 0 aliphatic carbocycles. The maximum absolute atomic E-state index is 14.4. The first-order valence-corrected chi connectivity index (χ1v) is 6.17. The number of nitrogens with one attached hydrogen (secondary N) is 1. The van der Waals surface area contributed by atoms with Crippen LogP contribution in [0.3, 0.4) is 0 Å². The van der Waals surface area contributed by atoms with Gasteiger partial charge in [0, 0.05) is 28.8 Å². The second kappa shape index (κ2) is 4.92. The van der Waals surface area contributed by atoms with Crippen molar-refractivity contribution in [3.8, 4) is 0 Å². The molecule has 2 rings (SSSR count). The number of methoxy groups -OCH3 is 1. The molecule has 1 saturated heterocycles. The van der Waals surface area contributed by atoms with Crippen molar-refractivity contribution in [2.75, 3.05) is 13.7 Å². The van der Waals surface area contributed by atoms with Gasteiger partial charge in [-0.2, -0.15) is 0 Å². The largest absolute Gasteiger partial charge is 0.380 e. The van der Waals surface area contributed by atoms with Crippen LogP contribution in [-0.2, 0) is 16.9 Å². The number of ether oxygens (including phenoxy) is 1. The fourth-order valence-electron chi connectivity index (χ4n) is 2.43. The lowest BCUT2D eigenvalue weighted by molar-refractivity contribution is 0.181. The van der Waals surface area contributed by atoms with Gasteiger partial charge in [0.15, 0.2) is 0 Å². The van der Waals surface area contributed by atoms with Gasteiger partial charge in [-0.05, 0) is 38.4 Å². The zero-order chi connectivity index (χ0) is 12.5. The zero-order valence-corrected chi connectivity index (χ0v) is 10.9. The highest BCUT2D eigenvalue weighted by molar-refractivity contribution is 6.30. The summed E-state index contributed by atoms with van der Waals surface area (Å²) in [5, 5.41) is 3.91. The van der Waals surface area contributed by atoms with Crippen LogP contribution in [0.2, 0.25) is 5.02 Å². The minimum atomic E-state index is -0.308. The van der Waals surface area contributed by atoms with E-state index in [4.69, 9.17) is 16.3 Å². The summed E-state index contributed by atoms with van der Waals surface area (Å²) >= 11 is 6.05. The van der Waals surface area contributed by atoms with Gasteiger partial charge in [0.25, 0.3) is 0 Å². The van der Waals surface area contributed by atoms with Crippen molar-refractivity contribution in [2.24, 2.45) is 0 Å². The van der Waals surface area contributed by atoms with Gasteiger partial charge in [-0.3, -0.25) is 0 Å². The van der Waals surface area contributed by atoms with Gasteiger partial charge in [0.05, 0.1) is 6.61 Å². The fraction of sp³-hybridized carbons (Fsp3) is 0.538. The molecule has 1 aliphatic heterocycles. The Balaban J connectivity index is 2.45. The Bertz CT molecular complexity index is 416. The van der Waals surface area contributed by atoms with E-state index < -0.39 is 0 Å². The van der Waals surface area contributed by atoms with Crippen LogP contribution in [0.4, 0.5) is 4.39 Å². The third-order valence-corrected chi connectivity index (χ3v) is 3.59. The maximum atomic E-state index is 14.4. The van der Waals surface area contributed by atoms with Crippen molar-refractivity contribution >= 4 is 11.6 Å². The Morgan fingerprint density at radius 3 is 2.88 bits per heavy atom. The smallest absolute Gasteiger partial charge is 0.133 e. The summed E-state index contributed by atoms with van der Waals surface area (Å²) in [6.45, 7) is 3.18. The van der Waals surface area contributed by atoms with E-state index in [2.05, 4.69) is 5.32 Å². The molecule has 1 heterocycles. The van der Waals surface area contributed by atoms with E-state index in [0.29, 0.717) is 16.1 Å². The van der Waals surface area contributed by atoms with Crippen molar-refractivity contribution in [2.45, 2.75) is 31.9 Å². The summed E-state index contributed by atoms with van der Waals surface area (Å²) in [7, 11) is 1.55. The number of hydrogen-bond acceptors (Lipinski definition) is 2. The minimum Gasteiger partial charge on any atom is -0.380 e. The highest BCUT2D eigenvalue weighted by Crippen LogP contribution is 2.35. The predicted molar refractivity (Wildman–Crippen MR) is 66.7 cm³/mol. The molecule has 0 radical (unpaired) electrons. The van der Waals surface area contributed by atoms with Crippen molar-refractivity contribution in [1.29, 1.82) is 0 Å². The van der Waals surface area contributed by atoms with E-state index in [-0.39, 0.29) is 18.0 Å². The van der Waals surface area contributed by atoms with E-state index in [1.807, 2.05) is 6.92 Å². The number of halogens is 2. The standard InChI is InChI=1S/C13H17ClFNO/c1-13(4-3-5-16-13)11-7-10(14)6-9(8-17-2)12(11)15/h6-7,16H,3-5,8H2,1-2H3. The molecule has 0 bridgehead atoms. The third kappa shape index (κ3) is 2.46. The van der Waals surface area contributed by atoms with Gasteiger partial charge < -0.3 is 10.1 Å². The molecule has 1 atom stereocenters. The number of benzene rings is 1. The van der Waals surface area contributed by atoms with Crippen molar-refractivity contribution in [3.05, 3.63) is 34.1 Å². The van der Waals surface area contributed by atoms with Crippen LogP contribution in [0.1, 0.15) is 30.9 Å². The Morgan fingerprint density at radius 1 is 1.53 bits per heavy atom. The molecule has 0 aromatic heterocycles. The Kier molecular flexibility index (Phi) is 3.71. The molecule has 1 aromatic carbocycles. The average molecular weight is 258 g/mol. The normalized spacial score (nSPS) is 24.2. The van der Waals surface area contributed by atoms with E-state index in [1.54, 1.807) is 19.2 Å². The SMILES string of the molecule is COCc1cc(Cl)cc(C2(C)CCCN2)c1F. The molecule has 1 aliphatic rings. The first-order chi connectivity index (χ1) is 8.07. The molecule has 1 aromatic rings. The van der Waals surface area contributed by atoms with Crippen LogP contribution in [0, 0.1) is 5.82 Å². The molecule has 0 spiro atoms. The fourth-order valence-corrected chi connectivity index (χ4v) is 2.67. The predicted octanol–water partition coefficient (Wildman–Crippen LogP) is 3.22. The molecule has 0 saturated carbocycles. The monoisotopic (exact) mass is 257 g/mol. The third-order valence-electron chi connectivity index (χ3n) is 3.38. The summed E-state index contributed by atoms with van der Waals surface area (Å²) in [6.07, 6.45) is 1.98. The van der Waals surface area contributed by atoms with E-state index >= 15 is 0 Å². The van der Waals surface area contributed by atoms with Gasteiger partial charge in [0.1, 0.15) is 5.82 Å². The van der Waals surface area contributed by atoms with Gasteiger partial charge in [-0.1, -0.05) is 11.6 Å². The highest BCUT2D eigenvalue weighted by Gasteiger charge is 2.33. The topological polar surface area (TPSA) is 21.3 Å². The van der Waals surface area contributed by atoms with Gasteiger partial charge in [-0.15, -0.1) is 0 Å². The molecule has 4 heteroatoms. The van der Waals surface area contributed by atoms with Crippen LogP contribution in [-0.4, -0.2) is 13.7 Å². The molecular weight excluding hydrogens is 241 g/mol. The summed E-state index contributed by atoms with van der Waals surface area (Å²) in [6, 6.07) is 3.34. The summed E-state index contributed by atoms with van der Waals surface area (Å²) in [4.78, 5) is 0. The van der Waals surface area contributed by atoms with Gasteiger partial charge >= 0.3 is 0 Å². The van der Waals surface area contributed by atoms with Crippen molar-refractivity contribution in [1.82, 2.24) is 5.32 Å². The zero-order valence-electron chi connectivity index (χ0n) is 10.1. The number of rotatable bonds is 3. The molecule has 17 heavy (non-hydrogen) atoms. The minimum absolute atomic E-state index is 0.201. The maximum Gasteiger partial charge on any atom is 0.133 e. The average Bonchev–Trinajstić information content (AvgIpc) is 2.71. The molecule has 1 N–H and O–H groups in total. The van der Waals surface area contributed by atoms with Crippen LogP contribution in [0.5, 0.6) is 0 Å². The second-order valence-electron chi connectivity index (χ2n) is 4.72. The van der Waals surface area contributed by atoms with Crippen LogP contribution in [0.15, 0.2) is 12.1 Å². The van der Waals surface area contributed by atoms with Crippen molar-refractivity contribution < 1.29 is 9.13 Å². The second-order valence-corrected chi connectivity index (χ2v) is 5.16. The summed E-state index contributed by atoms with van der Waals surface area (Å²) in [5.41, 5.74) is 0.858. The molecule has 94 valence electrons. The van der Waals surface area contributed by atoms with E-state index in [9.17, 15) is 4.39 Å². The summed E-state index contributed by atoms with van der Waals surface area (Å²) < 4.78 is 19.4. The Morgan fingerprint density at radius 2 is 2.29 bits per heavy atom. The molecular formula is C13H17ClFNO. The first-order valence-electron chi connectivity index (χ1n) is 5.79. The van der Waals surface area contributed by atoms with Gasteiger partial charge in [-0.25, -0.2) is 4.39 Å². The van der Waals surface area contributed by atoms with Crippen LogP contribution < -0.4 is 5.32 Å². The van der Waals surface area contributed by atoms with E-state index in [1.165, 1.54) is 0 Å². The molecule has 0 amide bonds. The number of hydrogen-bond donors (Lipinski definition) is 1. The molecule has 1 fully saturated rings. The van der Waals surface area contributed by atoms with Crippen LogP contribution >= 0.6 is 11.6 Å². The lowest BCUT2D eigenvalue weighted by atomic mass is 9.89.